The first kappa shape index (κ1) is 35.6. The number of unbranched alkanes of at least 4 members (excludes halogenated alkanes) is 1. The molecule has 2 rings (SSSR count). The smallest absolute Gasteiger partial charge is 0.424 e. The minimum Gasteiger partial charge on any atom is -0.490 e. The Bertz CT molecular complexity index is 1290. The summed E-state index contributed by atoms with van der Waals surface area (Å²) in [6, 6.07) is 8.07. The molecule has 0 aliphatic carbocycles. The number of ketones is 1. The molecule has 0 spiro atoms. The number of benzene rings is 2. The zero-order valence-electron chi connectivity index (χ0n) is 25.9. The fourth-order valence-corrected chi connectivity index (χ4v) is 3.95. The number of esters is 1. The van der Waals surface area contributed by atoms with Gasteiger partial charge in [-0.15, -0.1) is 0 Å². The maximum absolute atomic E-state index is 16.3. The minimum absolute atomic E-state index is 0.0177. The molecule has 0 N–H and O–H groups in total. The molecule has 0 aliphatic heterocycles. The van der Waals surface area contributed by atoms with E-state index >= 15 is 4.39 Å². The lowest BCUT2D eigenvalue weighted by atomic mass is 9.96. The van der Waals surface area contributed by atoms with Gasteiger partial charge in [-0.3, -0.25) is 4.79 Å². The van der Waals surface area contributed by atoms with E-state index in [9.17, 15) is 19.2 Å². The highest BCUT2D eigenvalue weighted by atomic mass is 32.1. The Morgan fingerprint density at radius 2 is 1.49 bits per heavy atom. The molecule has 2 aromatic rings. The number of hydrogen-bond acceptors (Lipinski definition) is 10. The Morgan fingerprint density at radius 3 is 1.98 bits per heavy atom. The SMILES string of the molecule is CCCCOc1c(C(=O)Oc2ccccc2)c(C)c(F)c(CC(=O)COS)c1N(C(=O)OC(C)(C)C)C(=O)OC(C)(C)C. The molecule has 0 radical (unpaired) electrons. The van der Waals surface area contributed by atoms with Gasteiger partial charge in [0.15, 0.2) is 11.5 Å². The topological polar surface area (TPSA) is 118 Å². The number of nitrogens with zero attached hydrogens (tertiary/aromatic N) is 1. The van der Waals surface area contributed by atoms with Crippen LogP contribution in [0.3, 0.4) is 0 Å². The molecule has 43 heavy (non-hydrogen) atoms. The van der Waals surface area contributed by atoms with Crippen molar-refractivity contribution in [2.75, 3.05) is 18.1 Å². The fourth-order valence-electron chi connectivity index (χ4n) is 3.81. The van der Waals surface area contributed by atoms with Crippen LogP contribution in [0.1, 0.15) is 82.8 Å². The third kappa shape index (κ3) is 10.2. The van der Waals surface area contributed by atoms with Gasteiger partial charge in [0.1, 0.15) is 40.6 Å². The second kappa shape index (κ2) is 15.2. The van der Waals surface area contributed by atoms with Crippen molar-refractivity contribution < 1.29 is 46.7 Å². The van der Waals surface area contributed by atoms with Crippen LogP contribution in [0.2, 0.25) is 0 Å². The Labute approximate surface area is 257 Å². The summed E-state index contributed by atoms with van der Waals surface area (Å²) in [5, 5.41) is 0. The lowest BCUT2D eigenvalue weighted by Crippen LogP contribution is -2.45. The lowest BCUT2D eigenvalue weighted by molar-refractivity contribution is -0.120. The summed E-state index contributed by atoms with van der Waals surface area (Å²) in [6.07, 6.45) is -1.95. The van der Waals surface area contributed by atoms with Crippen LogP contribution in [0.4, 0.5) is 19.7 Å². The number of imide groups is 1. The van der Waals surface area contributed by atoms with Crippen molar-refractivity contribution in [2.24, 2.45) is 0 Å². The molecule has 2 aromatic carbocycles. The monoisotopic (exact) mass is 621 g/mol. The van der Waals surface area contributed by atoms with E-state index in [1.807, 2.05) is 6.92 Å². The lowest BCUT2D eigenvalue weighted by Gasteiger charge is -2.31. The second-order valence-corrected chi connectivity index (χ2v) is 11.9. The molecule has 0 heterocycles. The van der Waals surface area contributed by atoms with Crippen LogP contribution in [0.15, 0.2) is 30.3 Å². The van der Waals surface area contributed by atoms with Crippen LogP contribution in [0, 0.1) is 12.7 Å². The van der Waals surface area contributed by atoms with Crippen LogP contribution in [0.5, 0.6) is 11.5 Å². The van der Waals surface area contributed by atoms with Crippen molar-refractivity contribution in [1.29, 1.82) is 0 Å². The van der Waals surface area contributed by atoms with Gasteiger partial charge in [-0.1, -0.05) is 31.5 Å². The van der Waals surface area contributed by atoms with Crippen molar-refractivity contribution in [3.8, 4) is 11.5 Å². The number of Topliss-reactive ketones (excluding diaryl/α,β-unsaturated/α-hetero) is 1. The molecule has 0 fully saturated rings. The van der Waals surface area contributed by atoms with Crippen LogP contribution in [-0.2, 0) is 24.9 Å². The number of carbonyl (C=O) groups excluding carboxylic acids is 4. The average molecular weight is 622 g/mol. The number of halogens is 1. The van der Waals surface area contributed by atoms with Gasteiger partial charge in [0.05, 0.1) is 6.61 Å². The first-order valence-corrected chi connectivity index (χ1v) is 14.2. The van der Waals surface area contributed by atoms with E-state index in [0.29, 0.717) is 17.7 Å². The van der Waals surface area contributed by atoms with E-state index in [1.165, 1.54) is 19.1 Å². The van der Waals surface area contributed by atoms with E-state index in [0.717, 1.165) is 0 Å². The van der Waals surface area contributed by atoms with Gasteiger partial charge in [0.25, 0.3) is 0 Å². The van der Waals surface area contributed by atoms with Crippen molar-refractivity contribution in [3.05, 3.63) is 52.8 Å². The third-order valence-corrected chi connectivity index (χ3v) is 5.70. The van der Waals surface area contributed by atoms with E-state index in [2.05, 4.69) is 17.1 Å². The zero-order valence-corrected chi connectivity index (χ0v) is 26.8. The van der Waals surface area contributed by atoms with E-state index in [-0.39, 0.29) is 29.2 Å². The van der Waals surface area contributed by atoms with Crippen molar-refractivity contribution >= 4 is 42.5 Å². The van der Waals surface area contributed by atoms with Crippen molar-refractivity contribution in [2.45, 2.75) is 85.9 Å². The van der Waals surface area contributed by atoms with E-state index in [1.54, 1.807) is 59.7 Å². The summed E-state index contributed by atoms with van der Waals surface area (Å²) in [5.41, 5.74) is -3.74. The third-order valence-electron chi connectivity index (χ3n) is 5.57. The van der Waals surface area contributed by atoms with Gasteiger partial charge in [-0.05, 0) is 79.9 Å². The molecule has 0 aromatic heterocycles. The molecule has 0 unspecified atom stereocenters. The van der Waals surface area contributed by atoms with Crippen LogP contribution < -0.4 is 14.4 Å². The average Bonchev–Trinajstić information content (AvgIpc) is 2.87. The summed E-state index contributed by atoms with van der Waals surface area (Å²) in [4.78, 5) is 54.2. The number of thiol groups is 1. The molecule has 0 saturated heterocycles. The summed E-state index contributed by atoms with van der Waals surface area (Å²) < 4.78 is 43.6. The number of para-hydroxylation sites is 1. The predicted octanol–water partition coefficient (Wildman–Crippen LogP) is 7.18. The van der Waals surface area contributed by atoms with Crippen molar-refractivity contribution in [3.63, 3.8) is 0 Å². The predicted molar refractivity (Wildman–Crippen MR) is 162 cm³/mol. The quantitative estimate of drug-likeness (QED) is 0.0915. The van der Waals surface area contributed by atoms with Gasteiger partial charge < -0.3 is 23.1 Å². The van der Waals surface area contributed by atoms with Crippen molar-refractivity contribution in [1.82, 2.24) is 0 Å². The number of hydrogen-bond donors (Lipinski definition) is 1. The molecule has 236 valence electrons. The Hall–Kier alpha value is -3.64. The van der Waals surface area contributed by atoms with Crippen LogP contribution in [0.25, 0.3) is 0 Å². The number of anilines is 1. The highest BCUT2D eigenvalue weighted by molar-refractivity contribution is 7.75. The summed E-state index contributed by atoms with van der Waals surface area (Å²) in [7, 11) is 0. The first-order chi connectivity index (χ1) is 20.0. The zero-order chi connectivity index (χ0) is 32.5. The summed E-state index contributed by atoms with van der Waals surface area (Å²) in [6.45, 7) is 12.2. The molecule has 0 bridgehead atoms. The second-order valence-electron chi connectivity index (χ2n) is 11.7. The highest BCUT2D eigenvalue weighted by Gasteiger charge is 2.40. The first-order valence-electron chi connectivity index (χ1n) is 13.8. The number of ether oxygens (including phenoxy) is 4. The maximum atomic E-state index is 16.3. The summed E-state index contributed by atoms with van der Waals surface area (Å²) >= 11 is 3.61. The number of carbonyl (C=O) groups is 4. The standard InChI is InChI=1S/C31H40FNO9S/c1-9-10-16-38-26-23(27(35)40-21-14-12-11-13-15-21)19(2)24(32)22(17-20(34)18-39-43)25(26)33(28(36)41-30(3,4)5)29(37)42-31(6,7)8/h11-15,43H,9-10,16-18H2,1-8H3. The summed E-state index contributed by atoms with van der Waals surface area (Å²) in [5.74, 6) is -2.88. The molecule has 2 amide bonds. The molecule has 0 atom stereocenters. The molecule has 0 saturated carbocycles. The van der Waals surface area contributed by atoms with E-state index in [4.69, 9.17) is 18.9 Å². The minimum atomic E-state index is -1.24. The maximum Gasteiger partial charge on any atom is 0.424 e. The van der Waals surface area contributed by atoms with Gasteiger partial charge in [0.2, 0.25) is 0 Å². The van der Waals surface area contributed by atoms with Gasteiger partial charge in [0, 0.05) is 17.5 Å². The van der Waals surface area contributed by atoms with E-state index < -0.39 is 65.2 Å². The van der Waals surface area contributed by atoms with Crippen LogP contribution in [-0.4, -0.2) is 48.4 Å². The number of rotatable bonds is 11. The van der Waals surface area contributed by atoms with Gasteiger partial charge >= 0.3 is 18.2 Å². The Balaban J connectivity index is 3.02. The molecule has 0 aliphatic rings. The highest BCUT2D eigenvalue weighted by Crippen LogP contribution is 2.43. The molecular formula is C31H40FNO9S. The van der Waals surface area contributed by atoms with Gasteiger partial charge in [-0.2, -0.15) is 4.90 Å². The molecular weight excluding hydrogens is 581 g/mol. The largest absolute Gasteiger partial charge is 0.490 e. The Kier molecular flexibility index (Phi) is 12.6. The molecule has 10 nitrogen and oxygen atoms in total. The fraction of sp³-hybridized carbons (Fsp3) is 0.484. The van der Waals surface area contributed by atoms with Crippen LogP contribution >= 0.6 is 12.9 Å². The Morgan fingerprint density at radius 1 is 0.930 bits per heavy atom. The number of amides is 2. The molecule has 12 heteroatoms. The van der Waals surface area contributed by atoms with Gasteiger partial charge in [-0.25, -0.2) is 18.8 Å². The normalized spacial score (nSPS) is 11.5.